The topological polar surface area (TPSA) is 101 Å². The molecule has 1 amide bonds. The summed E-state index contributed by atoms with van der Waals surface area (Å²) in [6, 6.07) is 23.3. The predicted octanol–water partition coefficient (Wildman–Crippen LogP) is 5.01. The van der Waals surface area contributed by atoms with Crippen LogP contribution in [0, 0.1) is 0 Å². The summed E-state index contributed by atoms with van der Waals surface area (Å²) in [5.74, 6) is 0.445. The summed E-state index contributed by atoms with van der Waals surface area (Å²) in [5, 5.41) is 12.1. The third-order valence-electron chi connectivity index (χ3n) is 8.19. The molecule has 40 heavy (non-hydrogen) atoms. The molecular formula is C32H37N7O. The van der Waals surface area contributed by atoms with Crippen molar-refractivity contribution in [1.82, 2.24) is 20.1 Å². The van der Waals surface area contributed by atoms with Crippen LogP contribution in [0.2, 0.25) is 0 Å². The lowest BCUT2D eigenvalue weighted by atomic mass is 9.89. The molecule has 3 unspecified atom stereocenters. The number of benzene rings is 2. The Balaban J connectivity index is 1.11. The molecule has 0 radical (unpaired) electrons. The zero-order valence-electron chi connectivity index (χ0n) is 22.7. The van der Waals surface area contributed by atoms with Gasteiger partial charge in [0.05, 0.1) is 5.69 Å². The average Bonchev–Trinajstić information content (AvgIpc) is 3.54. The number of amides is 1. The number of aromatic nitrogens is 3. The maximum absolute atomic E-state index is 11.7. The van der Waals surface area contributed by atoms with Crippen LogP contribution in [0.3, 0.4) is 0 Å². The van der Waals surface area contributed by atoms with Gasteiger partial charge in [0.1, 0.15) is 5.82 Å². The number of carbonyl (C=O) groups excluding carboxylic acids is 1. The molecule has 3 atom stereocenters. The van der Waals surface area contributed by atoms with Crippen LogP contribution in [0.25, 0.3) is 16.8 Å². The molecule has 1 aliphatic heterocycles. The minimum atomic E-state index is -0.419. The molecule has 206 valence electrons. The number of carbonyl (C=O) groups is 1. The van der Waals surface area contributed by atoms with E-state index in [-0.39, 0.29) is 0 Å². The predicted molar refractivity (Wildman–Crippen MR) is 160 cm³/mol. The highest BCUT2D eigenvalue weighted by Crippen LogP contribution is 2.27. The van der Waals surface area contributed by atoms with E-state index in [2.05, 4.69) is 55.9 Å². The van der Waals surface area contributed by atoms with Crippen molar-refractivity contribution in [3.8, 4) is 16.8 Å². The van der Waals surface area contributed by atoms with Crippen LogP contribution >= 0.6 is 0 Å². The smallest absolute Gasteiger partial charge is 0.248 e. The molecule has 0 bridgehead atoms. The van der Waals surface area contributed by atoms with Gasteiger partial charge < -0.3 is 21.3 Å². The van der Waals surface area contributed by atoms with Crippen LogP contribution in [0.4, 0.5) is 11.5 Å². The molecule has 6 rings (SSSR count). The fourth-order valence-electron chi connectivity index (χ4n) is 6.12. The third-order valence-corrected chi connectivity index (χ3v) is 8.19. The summed E-state index contributed by atoms with van der Waals surface area (Å²) in [6.07, 6.45) is 12.7. The van der Waals surface area contributed by atoms with Crippen LogP contribution in [-0.4, -0.2) is 51.9 Å². The van der Waals surface area contributed by atoms with Crippen LogP contribution in [0.5, 0.6) is 0 Å². The highest BCUT2D eigenvalue weighted by atomic mass is 16.1. The molecule has 4 N–H and O–H groups in total. The zero-order chi connectivity index (χ0) is 27.3. The minimum Gasteiger partial charge on any atom is -0.370 e. The highest BCUT2D eigenvalue weighted by molar-refractivity contribution is 5.94. The fourth-order valence-corrected chi connectivity index (χ4v) is 6.12. The molecule has 2 fully saturated rings. The molecule has 0 spiro atoms. The SMILES string of the molecule is NC(=O)c1cccc(-c2ccnc(NC3CCCCC3NC3CCCN(c4ccc(-n5cccn5)cc4)C3)c2)c1. The maximum atomic E-state index is 11.7. The van der Waals surface area contributed by atoms with Crippen molar-refractivity contribution >= 4 is 17.4 Å². The Kier molecular flexibility index (Phi) is 7.77. The van der Waals surface area contributed by atoms with Crippen molar-refractivity contribution in [2.45, 2.75) is 56.7 Å². The first-order valence-electron chi connectivity index (χ1n) is 14.4. The molecule has 4 aromatic rings. The molecule has 8 nitrogen and oxygen atoms in total. The summed E-state index contributed by atoms with van der Waals surface area (Å²) in [6.45, 7) is 2.09. The molecule has 1 saturated heterocycles. The normalized spacial score (nSPS) is 21.2. The largest absolute Gasteiger partial charge is 0.370 e. The lowest BCUT2D eigenvalue weighted by Gasteiger charge is -2.40. The second-order valence-electron chi connectivity index (χ2n) is 10.9. The van der Waals surface area contributed by atoms with Crippen molar-refractivity contribution < 1.29 is 4.79 Å². The third kappa shape index (κ3) is 6.02. The van der Waals surface area contributed by atoms with E-state index in [4.69, 9.17) is 5.73 Å². The van der Waals surface area contributed by atoms with Crippen LogP contribution < -0.4 is 21.3 Å². The molecule has 2 aliphatic rings. The first kappa shape index (κ1) is 26.1. The molecule has 1 aliphatic carbocycles. The van der Waals surface area contributed by atoms with Gasteiger partial charge in [-0.25, -0.2) is 9.67 Å². The lowest BCUT2D eigenvalue weighted by Crippen LogP contribution is -2.55. The van der Waals surface area contributed by atoms with Crippen molar-refractivity contribution in [2.24, 2.45) is 5.73 Å². The van der Waals surface area contributed by atoms with E-state index in [0.29, 0.717) is 23.7 Å². The number of nitrogens with one attached hydrogen (secondary N) is 2. The lowest BCUT2D eigenvalue weighted by molar-refractivity contribution is 0.100. The van der Waals surface area contributed by atoms with E-state index >= 15 is 0 Å². The van der Waals surface area contributed by atoms with Crippen molar-refractivity contribution in [1.29, 1.82) is 0 Å². The van der Waals surface area contributed by atoms with E-state index in [9.17, 15) is 4.79 Å². The molecule has 3 heterocycles. The Bertz CT molecular complexity index is 1420. The summed E-state index contributed by atoms with van der Waals surface area (Å²) < 4.78 is 1.89. The zero-order valence-corrected chi connectivity index (χ0v) is 22.7. The van der Waals surface area contributed by atoms with E-state index < -0.39 is 5.91 Å². The Labute approximate surface area is 235 Å². The fraction of sp³-hybridized carbons (Fsp3) is 0.344. The van der Waals surface area contributed by atoms with Crippen molar-refractivity contribution in [3.05, 3.63) is 90.9 Å². The van der Waals surface area contributed by atoms with Crippen molar-refractivity contribution in [3.63, 3.8) is 0 Å². The van der Waals surface area contributed by atoms with Crippen LogP contribution in [0.1, 0.15) is 48.9 Å². The molecular weight excluding hydrogens is 498 g/mol. The van der Waals surface area contributed by atoms with Crippen LogP contribution in [0.15, 0.2) is 85.3 Å². The Morgan fingerprint density at radius 2 is 1.65 bits per heavy atom. The number of hydrogen-bond acceptors (Lipinski definition) is 6. The van der Waals surface area contributed by atoms with E-state index in [1.54, 1.807) is 12.3 Å². The standard InChI is InChI=1S/C32H37N7O/c33-32(40)25-7-3-6-23(20-25)24-15-17-34-31(21-24)37-30-10-2-1-9-29(30)36-26-8-4-18-38(22-26)27-11-13-28(14-12-27)39-19-5-16-35-39/h3,5-7,11-17,19-21,26,29-30,36H,1-2,4,8-10,18,22H2,(H2,33,40)(H,34,37). The quantitative estimate of drug-likeness (QED) is 0.293. The van der Waals surface area contributed by atoms with Gasteiger partial charge in [-0.2, -0.15) is 5.10 Å². The van der Waals surface area contributed by atoms with Gasteiger partial charge in [0.2, 0.25) is 5.91 Å². The number of anilines is 2. The Morgan fingerprint density at radius 3 is 2.45 bits per heavy atom. The highest BCUT2D eigenvalue weighted by Gasteiger charge is 2.29. The number of nitrogens with zero attached hydrogens (tertiary/aromatic N) is 4. The molecule has 1 saturated carbocycles. The van der Waals surface area contributed by atoms with Gasteiger partial charge in [-0.1, -0.05) is 25.0 Å². The van der Waals surface area contributed by atoms with Gasteiger partial charge in [0, 0.05) is 61.1 Å². The number of piperidine rings is 1. The number of rotatable bonds is 8. The van der Waals surface area contributed by atoms with Gasteiger partial charge in [0.15, 0.2) is 0 Å². The Hall–Kier alpha value is -4.17. The Morgan fingerprint density at radius 1 is 0.850 bits per heavy atom. The minimum absolute atomic E-state index is 0.317. The van der Waals surface area contributed by atoms with E-state index in [1.807, 2.05) is 47.4 Å². The monoisotopic (exact) mass is 535 g/mol. The van der Waals surface area contributed by atoms with Gasteiger partial charge in [0.25, 0.3) is 0 Å². The number of nitrogens with two attached hydrogens (primary N) is 1. The van der Waals surface area contributed by atoms with Gasteiger partial charge in [-0.3, -0.25) is 4.79 Å². The van der Waals surface area contributed by atoms with Gasteiger partial charge >= 0.3 is 0 Å². The number of primary amides is 1. The summed E-state index contributed by atoms with van der Waals surface area (Å²) in [7, 11) is 0. The molecule has 8 heteroatoms. The van der Waals surface area contributed by atoms with Crippen molar-refractivity contribution in [2.75, 3.05) is 23.3 Å². The molecule has 2 aromatic heterocycles. The maximum Gasteiger partial charge on any atom is 0.248 e. The number of pyridine rings is 1. The summed E-state index contributed by atoms with van der Waals surface area (Å²) in [5.41, 5.74) is 10.3. The average molecular weight is 536 g/mol. The van der Waals surface area contributed by atoms with E-state index in [0.717, 1.165) is 48.6 Å². The second-order valence-corrected chi connectivity index (χ2v) is 10.9. The second kappa shape index (κ2) is 11.9. The number of hydrogen-bond donors (Lipinski definition) is 3. The van der Waals surface area contributed by atoms with Gasteiger partial charge in [-0.15, -0.1) is 0 Å². The van der Waals surface area contributed by atoms with E-state index in [1.165, 1.54) is 31.4 Å². The van der Waals surface area contributed by atoms with Gasteiger partial charge in [-0.05, 0) is 91.4 Å². The first-order valence-corrected chi connectivity index (χ1v) is 14.4. The summed E-state index contributed by atoms with van der Waals surface area (Å²) >= 11 is 0. The van der Waals surface area contributed by atoms with Crippen LogP contribution in [-0.2, 0) is 0 Å². The summed E-state index contributed by atoms with van der Waals surface area (Å²) in [4.78, 5) is 18.8. The molecule has 2 aromatic carbocycles. The first-order chi connectivity index (χ1) is 19.6.